The van der Waals surface area contributed by atoms with Crippen molar-refractivity contribution < 1.29 is 9.18 Å². The van der Waals surface area contributed by atoms with Crippen molar-refractivity contribution >= 4 is 5.91 Å². The lowest BCUT2D eigenvalue weighted by atomic mass is 9.96. The number of amides is 1. The summed E-state index contributed by atoms with van der Waals surface area (Å²) in [5, 5.41) is 2.75. The molecule has 1 unspecified atom stereocenters. The normalized spacial score (nSPS) is 14.8. The summed E-state index contributed by atoms with van der Waals surface area (Å²) < 4.78 is 12.6. The second kappa shape index (κ2) is 3.71. The van der Waals surface area contributed by atoms with E-state index in [1.807, 2.05) is 0 Å². The highest BCUT2D eigenvalue weighted by Crippen LogP contribution is 2.17. The maximum absolute atomic E-state index is 12.6. The van der Waals surface area contributed by atoms with Gasteiger partial charge < -0.3 is 11.1 Å². The van der Waals surface area contributed by atoms with Crippen LogP contribution < -0.4 is 11.1 Å². The van der Waals surface area contributed by atoms with Gasteiger partial charge in [0.05, 0.1) is 11.9 Å². The standard InChI is InChI=1S/C9H12FN3O/c1-9(12-2,8(11)14)7-4-3-6(10)5-13-7/h3-5,12H,1-2H3,(H2,11,14). The van der Waals surface area contributed by atoms with Crippen LogP contribution in [0.25, 0.3) is 0 Å². The number of likely N-dealkylation sites (N-methyl/N-ethyl adjacent to an activating group) is 1. The van der Waals surface area contributed by atoms with Gasteiger partial charge in [-0.3, -0.25) is 9.78 Å². The zero-order valence-electron chi connectivity index (χ0n) is 8.04. The summed E-state index contributed by atoms with van der Waals surface area (Å²) in [5.74, 6) is -1.00. The zero-order valence-corrected chi connectivity index (χ0v) is 8.04. The number of carbonyl (C=O) groups is 1. The molecule has 1 aromatic rings. The summed E-state index contributed by atoms with van der Waals surface area (Å²) in [6.07, 6.45) is 1.05. The van der Waals surface area contributed by atoms with Gasteiger partial charge in [-0.05, 0) is 26.1 Å². The van der Waals surface area contributed by atoms with Crippen molar-refractivity contribution in [1.29, 1.82) is 0 Å². The summed E-state index contributed by atoms with van der Waals surface area (Å²) >= 11 is 0. The third-order valence-electron chi connectivity index (χ3n) is 2.23. The Morgan fingerprint density at radius 2 is 2.29 bits per heavy atom. The highest BCUT2D eigenvalue weighted by atomic mass is 19.1. The van der Waals surface area contributed by atoms with Crippen molar-refractivity contribution in [2.75, 3.05) is 7.05 Å². The average molecular weight is 197 g/mol. The first-order chi connectivity index (χ1) is 6.50. The van der Waals surface area contributed by atoms with Gasteiger partial charge in [0.1, 0.15) is 11.4 Å². The molecule has 0 aliphatic heterocycles. The van der Waals surface area contributed by atoms with Gasteiger partial charge in [0.2, 0.25) is 5.91 Å². The van der Waals surface area contributed by atoms with E-state index in [4.69, 9.17) is 5.73 Å². The van der Waals surface area contributed by atoms with E-state index in [9.17, 15) is 9.18 Å². The summed E-state index contributed by atoms with van der Waals surface area (Å²) in [6.45, 7) is 1.59. The molecule has 0 aliphatic carbocycles. The molecule has 1 aromatic heterocycles. The highest BCUT2D eigenvalue weighted by molar-refractivity contribution is 5.85. The molecule has 0 fully saturated rings. The first kappa shape index (κ1) is 10.6. The van der Waals surface area contributed by atoms with E-state index in [1.54, 1.807) is 14.0 Å². The Morgan fingerprint density at radius 1 is 1.64 bits per heavy atom. The molecular formula is C9H12FN3O. The first-order valence-electron chi connectivity index (χ1n) is 4.11. The maximum atomic E-state index is 12.6. The molecule has 0 spiro atoms. The topological polar surface area (TPSA) is 68.0 Å². The van der Waals surface area contributed by atoms with Crippen LogP contribution in [0, 0.1) is 5.82 Å². The van der Waals surface area contributed by atoms with Crippen molar-refractivity contribution in [2.24, 2.45) is 5.73 Å². The fraction of sp³-hybridized carbons (Fsp3) is 0.333. The van der Waals surface area contributed by atoms with Crippen molar-refractivity contribution in [3.63, 3.8) is 0 Å². The van der Waals surface area contributed by atoms with Crippen LogP contribution in [-0.2, 0) is 10.3 Å². The molecule has 0 radical (unpaired) electrons. The summed E-state index contributed by atoms with van der Waals surface area (Å²) in [6, 6.07) is 2.66. The number of hydrogen-bond donors (Lipinski definition) is 2. The minimum Gasteiger partial charge on any atom is -0.368 e. The second-order valence-electron chi connectivity index (χ2n) is 3.10. The van der Waals surface area contributed by atoms with Crippen LogP contribution in [0.1, 0.15) is 12.6 Å². The SMILES string of the molecule is CNC(C)(C(N)=O)c1ccc(F)cn1. The summed E-state index contributed by atoms with van der Waals surface area (Å²) in [4.78, 5) is 15.0. The number of rotatable bonds is 3. The van der Waals surface area contributed by atoms with Crippen molar-refractivity contribution in [1.82, 2.24) is 10.3 Å². The zero-order chi connectivity index (χ0) is 10.8. The van der Waals surface area contributed by atoms with Crippen molar-refractivity contribution in [3.05, 3.63) is 29.8 Å². The molecular weight excluding hydrogens is 185 g/mol. The predicted octanol–water partition coefficient (Wildman–Crippen LogP) is 0.141. The molecule has 5 heteroatoms. The number of nitrogens with two attached hydrogens (primary N) is 1. The summed E-state index contributed by atoms with van der Waals surface area (Å²) in [7, 11) is 1.59. The fourth-order valence-electron chi connectivity index (χ4n) is 1.05. The maximum Gasteiger partial charge on any atom is 0.243 e. The third-order valence-corrected chi connectivity index (χ3v) is 2.23. The molecule has 0 saturated carbocycles. The Labute approximate surface area is 81.3 Å². The van der Waals surface area contributed by atoms with Gasteiger partial charge in [-0.2, -0.15) is 0 Å². The van der Waals surface area contributed by atoms with Crippen LogP contribution in [0.15, 0.2) is 18.3 Å². The monoisotopic (exact) mass is 197 g/mol. The van der Waals surface area contributed by atoms with Crippen LogP contribution in [0.5, 0.6) is 0 Å². The highest BCUT2D eigenvalue weighted by Gasteiger charge is 2.32. The van der Waals surface area contributed by atoms with Crippen LogP contribution in [0.3, 0.4) is 0 Å². The molecule has 4 nitrogen and oxygen atoms in total. The smallest absolute Gasteiger partial charge is 0.243 e. The van der Waals surface area contributed by atoms with Gasteiger partial charge in [0.25, 0.3) is 0 Å². The van der Waals surface area contributed by atoms with Gasteiger partial charge in [0.15, 0.2) is 0 Å². The number of carbonyl (C=O) groups excluding carboxylic acids is 1. The number of halogens is 1. The number of primary amides is 1. The van der Waals surface area contributed by atoms with E-state index in [-0.39, 0.29) is 0 Å². The number of pyridine rings is 1. The lowest BCUT2D eigenvalue weighted by molar-refractivity contribution is -0.124. The molecule has 14 heavy (non-hydrogen) atoms. The molecule has 0 aromatic carbocycles. The molecule has 1 amide bonds. The minimum absolute atomic E-state index is 0.397. The van der Waals surface area contributed by atoms with Crippen LogP contribution in [-0.4, -0.2) is 17.9 Å². The summed E-state index contributed by atoms with van der Waals surface area (Å²) in [5.41, 5.74) is 4.55. The molecule has 3 N–H and O–H groups in total. The molecule has 0 bridgehead atoms. The van der Waals surface area contributed by atoms with Crippen LogP contribution in [0.2, 0.25) is 0 Å². The van der Waals surface area contributed by atoms with E-state index in [2.05, 4.69) is 10.3 Å². The number of nitrogens with zero attached hydrogens (tertiary/aromatic N) is 1. The lowest BCUT2D eigenvalue weighted by Crippen LogP contribution is -2.49. The van der Waals surface area contributed by atoms with E-state index in [0.29, 0.717) is 5.69 Å². The Balaban J connectivity index is 3.13. The fourth-order valence-corrected chi connectivity index (χ4v) is 1.05. The average Bonchev–Trinajstić information content (AvgIpc) is 2.17. The number of hydrogen-bond acceptors (Lipinski definition) is 3. The quantitative estimate of drug-likeness (QED) is 0.724. The van der Waals surface area contributed by atoms with E-state index in [1.165, 1.54) is 12.1 Å². The number of aromatic nitrogens is 1. The van der Waals surface area contributed by atoms with Gasteiger partial charge in [-0.1, -0.05) is 0 Å². The molecule has 1 heterocycles. The Kier molecular flexibility index (Phi) is 2.81. The predicted molar refractivity (Wildman–Crippen MR) is 49.8 cm³/mol. The minimum atomic E-state index is -1.06. The van der Waals surface area contributed by atoms with E-state index in [0.717, 1.165) is 6.20 Å². The van der Waals surface area contributed by atoms with Gasteiger partial charge in [0, 0.05) is 0 Å². The van der Waals surface area contributed by atoms with Gasteiger partial charge >= 0.3 is 0 Å². The van der Waals surface area contributed by atoms with Crippen LogP contribution in [0.4, 0.5) is 4.39 Å². The lowest BCUT2D eigenvalue weighted by Gasteiger charge is -2.24. The number of nitrogens with one attached hydrogen (secondary N) is 1. The van der Waals surface area contributed by atoms with E-state index < -0.39 is 17.3 Å². The molecule has 0 saturated heterocycles. The van der Waals surface area contributed by atoms with Gasteiger partial charge in [-0.25, -0.2) is 4.39 Å². The Morgan fingerprint density at radius 3 is 2.64 bits per heavy atom. The molecule has 76 valence electrons. The first-order valence-corrected chi connectivity index (χ1v) is 4.11. The molecule has 1 rings (SSSR count). The second-order valence-corrected chi connectivity index (χ2v) is 3.10. The van der Waals surface area contributed by atoms with E-state index >= 15 is 0 Å². The molecule has 0 aliphatic rings. The van der Waals surface area contributed by atoms with Gasteiger partial charge in [-0.15, -0.1) is 0 Å². The Bertz CT molecular complexity index is 338. The van der Waals surface area contributed by atoms with Crippen molar-refractivity contribution in [3.8, 4) is 0 Å². The van der Waals surface area contributed by atoms with Crippen molar-refractivity contribution in [2.45, 2.75) is 12.5 Å². The molecule has 1 atom stereocenters. The van der Waals surface area contributed by atoms with Crippen LogP contribution >= 0.6 is 0 Å². The Hall–Kier alpha value is -1.49. The largest absolute Gasteiger partial charge is 0.368 e. The third kappa shape index (κ3) is 1.72.